The Morgan fingerprint density at radius 2 is 1.69 bits per heavy atom. The van der Waals surface area contributed by atoms with Crippen LogP contribution in [-0.4, -0.2) is 18.2 Å². The van der Waals surface area contributed by atoms with E-state index in [-0.39, 0.29) is 18.1 Å². The third-order valence-electron chi connectivity index (χ3n) is 3.52. The first-order chi connectivity index (χ1) is 12.2. The van der Waals surface area contributed by atoms with Gasteiger partial charge in [0.05, 0.1) is 12.5 Å². The summed E-state index contributed by atoms with van der Waals surface area (Å²) < 4.78 is 58.5. The van der Waals surface area contributed by atoms with E-state index < -0.39 is 23.9 Å². The zero-order valence-corrected chi connectivity index (χ0v) is 14.3. The molecule has 26 heavy (non-hydrogen) atoms. The second-order valence-electron chi connectivity index (χ2n) is 6.04. The van der Waals surface area contributed by atoms with E-state index in [4.69, 9.17) is 4.74 Å². The van der Waals surface area contributed by atoms with Gasteiger partial charge in [0.15, 0.2) is 6.04 Å². The fraction of sp³-hybridized carbons (Fsp3) is 0.316. The zero-order chi connectivity index (χ0) is 19.3. The average Bonchev–Trinajstić information content (AvgIpc) is 2.54. The summed E-state index contributed by atoms with van der Waals surface area (Å²) in [5.41, 5.74) is 0.248. The van der Waals surface area contributed by atoms with Crippen LogP contribution in [0.1, 0.15) is 31.0 Å². The number of carbonyl (C=O) groups excluding carboxylic acids is 1. The van der Waals surface area contributed by atoms with E-state index in [0.29, 0.717) is 11.3 Å². The lowest BCUT2D eigenvalue weighted by atomic mass is 10.1. The van der Waals surface area contributed by atoms with Crippen molar-refractivity contribution in [1.82, 2.24) is 5.32 Å². The van der Waals surface area contributed by atoms with Crippen LogP contribution in [0.3, 0.4) is 0 Å². The van der Waals surface area contributed by atoms with Gasteiger partial charge in [0.25, 0.3) is 0 Å². The smallest absolute Gasteiger partial charge is 0.412 e. The Labute approximate surface area is 149 Å². The molecule has 140 valence electrons. The molecule has 2 aromatic carbocycles. The minimum atomic E-state index is -4.71. The van der Waals surface area contributed by atoms with Crippen molar-refractivity contribution in [2.24, 2.45) is 0 Å². The molecule has 1 N–H and O–H groups in total. The van der Waals surface area contributed by atoms with E-state index in [0.717, 1.165) is 24.3 Å². The number of para-hydroxylation sites is 1. The zero-order valence-electron chi connectivity index (χ0n) is 14.3. The van der Waals surface area contributed by atoms with Gasteiger partial charge in [-0.1, -0.05) is 30.3 Å². The van der Waals surface area contributed by atoms with Crippen LogP contribution in [0.5, 0.6) is 5.75 Å². The first-order valence-electron chi connectivity index (χ1n) is 8.03. The monoisotopic (exact) mass is 369 g/mol. The molecule has 0 aliphatic heterocycles. The molecule has 0 saturated heterocycles. The highest BCUT2D eigenvalue weighted by Gasteiger charge is 2.41. The Kier molecular flexibility index (Phi) is 6.23. The molecule has 0 saturated carbocycles. The summed E-state index contributed by atoms with van der Waals surface area (Å²) in [6.45, 7) is 3.62. The van der Waals surface area contributed by atoms with Gasteiger partial charge >= 0.3 is 6.18 Å². The number of alkyl halides is 3. The Morgan fingerprint density at radius 3 is 2.27 bits per heavy atom. The molecule has 0 bridgehead atoms. The second-order valence-corrected chi connectivity index (χ2v) is 6.04. The first kappa shape index (κ1) is 19.8. The van der Waals surface area contributed by atoms with E-state index in [2.05, 4.69) is 0 Å². The summed E-state index contributed by atoms with van der Waals surface area (Å²) in [6.07, 6.45) is -5.11. The minimum absolute atomic E-state index is 0.138. The van der Waals surface area contributed by atoms with Crippen LogP contribution in [-0.2, 0) is 11.2 Å². The van der Waals surface area contributed by atoms with Crippen molar-refractivity contribution in [1.29, 1.82) is 0 Å². The highest BCUT2D eigenvalue weighted by Crippen LogP contribution is 2.33. The lowest BCUT2D eigenvalue weighted by Gasteiger charge is -2.22. The molecule has 0 spiro atoms. The van der Waals surface area contributed by atoms with E-state index in [1.54, 1.807) is 24.3 Å². The topological polar surface area (TPSA) is 38.3 Å². The Balaban J connectivity index is 2.17. The lowest BCUT2D eigenvalue weighted by Crippen LogP contribution is -2.38. The fourth-order valence-electron chi connectivity index (χ4n) is 2.41. The van der Waals surface area contributed by atoms with Crippen molar-refractivity contribution in [2.75, 3.05) is 0 Å². The van der Waals surface area contributed by atoms with E-state index in [1.165, 1.54) is 0 Å². The van der Waals surface area contributed by atoms with Crippen molar-refractivity contribution in [3.05, 3.63) is 65.5 Å². The number of nitrogens with one attached hydrogen (secondary N) is 1. The largest absolute Gasteiger partial charge is 0.491 e. The molecule has 2 aromatic rings. The Hall–Kier alpha value is -2.57. The number of benzene rings is 2. The van der Waals surface area contributed by atoms with Gasteiger partial charge in [-0.15, -0.1) is 0 Å². The van der Waals surface area contributed by atoms with Crippen LogP contribution in [0.15, 0.2) is 48.5 Å². The number of rotatable bonds is 6. The molecule has 1 atom stereocenters. The van der Waals surface area contributed by atoms with Crippen molar-refractivity contribution >= 4 is 5.91 Å². The molecule has 2 rings (SSSR count). The van der Waals surface area contributed by atoms with Gasteiger partial charge in [0.1, 0.15) is 11.6 Å². The molecule has 0 heterocycles. The lowest BCUT2D eigenvalue weighted by molar-refractivity contribution is -0.163. The van der Waals surface area contributed by atoms with Gasteiger partial charge in [0, 0.05) is 5.56 Å². The van der Waals surface area contributed by atoms with Crippen molar-refractivity contribution in [2.45, 2.75) is 38.6 Å². The van der Waals surface area contributed by atoms with Gasteiger partial charge in [-0.2, -0.15) is 13.2 Å². The summed E-state index contributed by atoms with van der Waals surface area (Å²) in [7, 11) is 0. The average molecular weight is 369 g/mol. The SMILES string of the molecule is CC(C)Oc1ccccc1CC(=O)NC(c1ccc(F)cc1)C(F)(F)F. The highest BCUT2D eigenvalue weighted by atomic mass is 19.4. The van der Waals surface area contributed by atoms with Crippen molar-refractivity contribution < 1.29 is 27.1 Å². The van der Waals surface area contributed by atoms with Crippen molar-refractivity contribution in [3.8, 4) is 5.75 Å². The molecular weight excluding hydrogens is 350 g/mol. The highest BCUT2D eigenvalue weighted by molar-refractivity contribution is 5.79. The molecule has 0 radical (unpaired) electrons. The number of hydrogen-bond donors (Lipinski definition) is 1. The number of halogens is 4. The Morgan fingerprint density at radius 1 is 1.08 bits per heavy atom. The predicted octanol–water partition coefficient (Wildman–Crippen LogP) is 4.58. The van der Waals surface area contributed by atoms with Gasteiger partial charge in [-0.05, 0) is 37.6 Å². The third kappa shape index (κ3) is 5.47. The van der Waals surface area contributed by atoms with Gasteiger partial charge < -0.3 is 10.1 Å². The molecule has 7 heteroatoms. The molecule has 1 amide bonds. The predicted molar refractivity (Wildman–Crippen MR) is 89.2 cm³/mol. The van der Waals surface area contributed by atoms with E-state index in [1.807, 2.05) is 19.2 Å². The maximum absolute atomic E-state index is 13.3. The van der Waals surface area contributed by atoms with E-state index in [9.17, 15) is 22.4 Å². The molecule has 3 nitrogen and oxygen atoms in total. The third-order valence-corrected chi connectivity index (χ3v) is 3.52. The van der Waals surface area contributed by atoms with Crippen LogP contribution in [0.4, 0.5) is 17.6 Å². The summed E-state index contributed by atoms with van der Waals surface area (Å²) in [6, 6.07) is 8.31. The number of hydrogen-bond acceptors (Lipinski definition) is 2. The molecule has 0 aliphatic rings. The molecule has 0 aliphatic carbocycles. The van der Waals surface area contributed by atoms with Crippen LogP contribution >= 0.6 is 0 Å². The number of amides is 1. The van der Waals surface area contributed by atoms with Gasteiger partial charge in [-0.3, -0.25) is 4.79 Å². The second kappa shape index (κ2) is 8.21. The Bertz CT molecular complexity index is 742. The first-order valence-corrected chi connectivity index (χ1v) is 8.03. The normalized spacial score (nSPS) is 12.7. The van der Waals surface area contributed by atoms with Crippen LogP contribution in [0.2, 0.25) is 0 Å². The number of carbonyl (C=O) groups is 1. The quantitative estimate of drug-likeness (QED) is 0.758. The van der Waals surface area contributed by atoms with E-state index >= 15 is 0 Å². The summed E-state index contributed by atoms with van der Waals surface area (Å²) in [5, 5.41) is 1.98. The number of ether oxygens (including phenoxy) is 1. The molecule has 0 aromatic heterocycles. The van der Waals surface area contributed by atoms with Crippen LogP contribution < -0.4 is 10.1 Å². The van der Waals surface area contributed by atoms with Crippen molar-refractivity contribution in [3.63, 3.8) is 0 Å². The molecule has 0 fully saturated rings. The summed E-state index contributed by atoms with van der Waals surface area (Å²) in [4.78, 5) is 12.2. The molecule has 1 unspecified atom stereocenters. The molecular formula is C19H19F4NO2. The maximum atomic E-state index is 13.3. The minimum Gasteiger partial charge on any atom is -0.491 e. The van der Waals surface area contributed by atoms with Crippen LogP contribution in [0, 0.1) is 5.82 Å². The standard InChI is InChI=1S/C19H19F4NO2/c1-12(2)26-16-6-4-3-5-14(16)11-17(25)24-18(19(21,22)23)13-7-9-15(20)10-8-13/h3-10,12,18H,11H2,1-2H3,(H,24,25). The summed E-state index contributed by atoms with van der Waals surface area (Å²) in [5.74, 6) is -1.01. The van der Waals surface area contributed by atoms with Crippen LogP contribution in [0.25, 0.3) is 0 Å². The van der Waals surface area contributed by atoms with Gasteiger partial charge in [-0.25, -0.2) is 4.39 Å². The maximum Gasteiger partial charge on any atom is 0.412 e. The summed E-state index contributed by atoms with van der Waals surface area (Å²) >= 11 is 0. The van der Waals surface area contributed by atoms with Gasteiger partial charge in [0.2, 0.25) is 5.91 Å². The fourth-order valence-corrected chi connectivity index (χ4v) is 2.41.